The predicted molar refractivity (Wildman–Crippen MR) is 79.0 cm³/mol. The van der Waals surface area contributed by atoms with Crippen molar-refractivity contribution in [2.45, 2.75) is 31.5 Å². The van der Waals surface area contributed by atoms with Gasteiger partial charge in [-0.2, -0.15) is 0 Å². The molecule has 24 heavy (non-hydrogen) atoms. The van der Waals surface area contributed by atoms with Crippen molar-refractivity contribution in [1.29, 1.82) is 0 Å². The summed E-state index contributed by atoms with van der Waals surface area (Å²) in [4.78, 5) is 29.7. The van der Waals surface area contributed by atoms with E-state index < -0.39 is 39.0 Å². The molecule has 2 aromatic rings. The summed E-state index contributed by atoms with van der Waals surface area (Å²) in [5.74, 6) is 0.378. The highest BCUT2D eigenvalue weighted by Gasteiger charge is 2.45. The number of aliphatic hydroxyl groups excluding tert-OH is 2. The van der Waals surface area contributed by atoms with Gasteiger partial charge in [0.1, 0.15) is 29.7 Å². The van der Waals surface area contributed by atoms with Crippen molar-refractivity contribution in [2.75, 3.05) is 6.61 Å². The van der Waals surface area contributed by atoms with Crippen LogP contribution in [0.25, 0.3) is 11.2 Å². The molecule has 1 unspecified atom stereocenters. The van der Waals surface area contributed by atoms with E-state index in [0.29, 0.717) is 17.0 Å². The molecule has 1 aliphatic rings. The number of nitrogens with zero attached hydrogens (tertiary/aromatic N) is 4. The lowest BCUT2D eigenvalue weighted by Crippen LogP contribution is -2.33. The third-order valence-corrected chi connectivity index (χ3v) is 4.26. The van der Waals surface area contributed by atoms with Gasteiger partial charge in [-0.15, -0.1) is 0 Å². The zero-order valence-electron chi connectivity index (χ0n) is 12.2. The second-order valence-corrected chi connectivity index (χ2v) is 6.82. The van der Waals surface area contributed by atoms with Crippen LogP contribution in [0.3, 0.4) is 0 Å². The number of aliphatic hydroxyl groups is 2. The molecular weight excluding hydrogens is 367 g/mol. The summed E-state index contributed by atoms with van der Waals surface area (Å²) in [5, 5.41) is 20.3. The minimum absolute atomic E-state index is 0.130. The molecule has 1 fully saturated rings. The Morgan fingerprint density at radius 1 is 1.38 bits per heavy atom. The Morgan fingerprint density at radius 3 is 2.75 bits per heavy atom. The van der Waals surface area contributed by atoms with Crippen LogP contribution in [0.4, 0.5) is 0 Å². The Labute approximate surface area is 140 Å². The number of ether oxygens (including phenoxy) is 1. The second-order valence-electron chi connectivity index (χ2n) is 5.22. The van der Waals surface area contributed by atoms with E-state index in [0.717, 1.165) is 0 Å². The molecule has 4 atom stereocenters. The number of phosphoric ester groups is 1. The van der Waals surface area contributed by atoms with E-state index >= 15 is 0 Å². The second kappa shape index (κ2) is 6.28. The van der Waals surface area contributed by atoms with Gasteiger partial charge in [-0.25, -0.2) is 19.5 Å². The minimum atomic E-state index is -4.73. The highest BCUT2D eigenvalue weighted by molar-refractivity contribution is 7.46. The Bertz CT molecular complexity index is 811. The fourth-order valence-corrected chi connectivity index (χ4v) is 3.03. The summed E-state index contributed by atoms with van der Waals surface area (Å²) in [7, 11) is -4.73. The number of aryl methyl sites for hydroxylation is 1. The van der Waals surface area contributed by atoms with Crippen LogP contribution in [-0.4, -0.2) is 64.4 Å². The van der Waals surface area contributed by atoms with Crippen LogP contribution < -0.4 is 0 Å². The zero-order valence-corrected chi connectivity index (χ0v) is 13.9. The average Bonchev–Trinajstić information content (AvgIpc) is 3.00. The molecule has 1 aliphatic heterocycles. The molecule has 2 aromatic heterocycles. The molecule has 0 radical (unpaired) electrons. The Balaban J connectivity index is 1.89. The molecule has 3 heterocycles. The van der Waals surface area contributed by atoms with Gasteiger partial charge in [0.05, 0.1) is 12.9 Å². The molecule has 13 heteroatoms. The fourth-order valence-electron chi connectivity index (χ4n) is 2.44. The standard InChI is InChI=1S/C11H14ClN4O7P/c1-4-14-9(12)6-10(15-4)16(3-13-6)11-8(18)7(17)5(23-11)2-22-24(19,20)21/h3,5,7-8,11,17-18H,2H2,1H3,(H2,19,20,21)/t5?,7-,8-,11-/m1/s1. The summed E-state index contributed by atoms with van der Waals surface area (Å²) >= 11 is 5.99. The molecular formula is C11H14ClN4O7P. The van der Waals surface area contributed by atoms with E-state index in [1.165, 1.54) is 10.9 Å². The Morgan fingerprint density at radius 2 is 2.08 bits per heavy atom. The molecule has 132 valence electrons. The van der Waals surface area contributed by atoms with Crippen molar-refractivity contribution in [1.82, 2.24) is 19.5 Å². The molecule has 11 nitrogen and oxygen atoms in total. The first kappa shape index (κ1) is 17.6. The number of halogens is 1. The SMILES string of the molecule is Cc1nc(Cl)c2ncn([C@@H]3OC(COP(=O)(O)O)[C@@H](O)[C@H]3O)c2n1. The van der Waals surface area contributed by atoms with Crippen LogP contribution in [0, 0.1) is 6.92 Å². The van der Waals surface area contributed by atoms with Crippen molar-refractivity contribution in [3.8, 4) is 0 Å². The summed E-state index contributed by atoms with van der Waals surface area (Å²) in [6.45, 7) is 1.03. The van der Waals surface area contributed by atoms with E-state index in [2.05, 4.69) is 19.5 Å². The van der Waals surface area contributed by atoms with E-state index in [4.69, 9.17) is 26.1 Å². The van der Waals surface area contributed by atoms with Gasteiger partial charge < -0.3 is 24.7 Å². The first-order chi connectivity index (χ1) is 11.2. The summed E-state index contributed by atoms with van der Waals surface area (Å²) in [6.07, 6.45) is -3.72. The molecule has 0 spiro atoms. The Hall–Kier alpha value is -1.17. The lowest BCUT2D eigenvalue weighted by Gasteiger charge is -2.16. The normalized spacial score (nSPS) is 27.9. The van der Waals surface area contributed by atoms with Crippen molar-refractivity contribution in [3.63, 3.8) is 0 Å². The van der Waals surface area contributed by atoms with E-state index in [1.54, 1.807) is 6.92 Å². The van der Waals surface area contributed by atoms with Crippen LogP contribution in [0.2, 0.25) is 5.15 Å². The zero-order chi connectivity index (χ0) is 17.6. The lowest BCUT2D eigenvalue weighted by atomic mass is 10.1. The molecule has 0 bridgehead atoms. The molecule has 0 aromatic carbocycles. The van der Waals surface area contributed by atoms with Crippen molar-refractivity contribution >= 4 is 30.6 Å². The summed E-state index contributed by atoms with van der Waals surface area (Å²) in [5.41, 5.74) is 0.586. The largest absolute Gasteiger partial charge is 0.469 e. The van der Waals surface area contributed by atoms with Crippen molar-refractivity contribution in [2.24, 2.45) is 0 Å². The quantitative estimate of drug-likeness (QED) is 0.402. The monoisotopic (exact) mass is 380 g/mol. The average molecular weight is 381 g/mol. The number of phosphoric acid groups is 1. The van der Waals surface area contributed by atoms with Crippen LogP contribution in [0.1, 0.15) is 12.1 Å². The van der Waals surface area contributed by atoms with Crippen molar-refractivity contribution in [3.05, 3.63) is 17.3 Å². The van der Waals surface area contributed by atoms with Crippen LogP contribution in [0.5, 0.6) is 0 Å². The van der Waals surface area contributed by atoms with Gasteiger partial charge in [0.2, 0.25) is 0 Å². The first-order valence-corrected chi connectivity index (χ1v) is 8.66. The minimum Gasteiger partial charge on any atom is -0.387 e. The molecule has 0 amide bonds. The van der Waals surface area contributed by atoms with Gasteiger partial charge in [-0.1, -0.05) is 11.6 Å². The maximum absolute atomic E-state index is 10.8. The molecule has 0 saturated carbocycles. The van der Waals surface area contributed by atoms with E-state index in [1.807, 2.05) is 0 Å². The Kier molecular flexibility index (Phi) is 4.62. The number of hydrogen-bond donors (Lipinski definition) is 4. The molecule has 3 rings (SSSR count). The summed E-state index contributed by atoms with van der Waals surface area (Å²) in [6, 6.07) is 0. The highest BCUT2D eigenvalue weighted by Crippen LogP contribution is 2.38. The van der Waals surface area contributed by atoms with Crippen LogP contribution >= 0.6 is 19.4 Å². The lowest BCUT2D eigenvalue weighted by molar-refractivity contribution is -0.0504. The van der Waals surface area contributed by atoms with Gasteiger partial charge in [0, 0.05) is 0 Å². The van der Waals surface area contributed by atoms with E-state index in [9.17, 15) is 14.8 Å². The molecule has 0 aliphatic carbocycles. The molecule has 1 saturated heterocycles. The number of aromatic nitrogens is 4. The van der Waals surface area contributed by atoms with Crippen molar-refractivity contribution < 1.29 is 33.8 Å². The number of fused-ring (bicyclic) bond motifs is 1. The number of hydrogen-bond acceptors (Lipinski definition) is 8. The third-order valence-electron chi connectivity index (χ3n) is 3.51. The highest BCUT2D eigenvalue weighted by atomic mass is 35.5. The number of imidazole rings is 1. The number of rotatable bonds is 4. The topological polar surface area (TPSA) is 160 Å². The van der Waals surface area contributed by atoms with Crippen LogP contribution in [-0.2, 0) is 13.8 Å². The van der Waals surface area contributed by atoms with Gasteiger partial charge in [0.15, 0.2) is 17.0 Å². The van der Waals surface area contributed by atoms with E-state index in [-0.39, 0.29) is 5.15 Å². The summed E-state index contributed by atoms with van der Waals surface area (Å²) < 4.78 is 21.9. The first-order valence-electron chi connectivity index (χ1n) is 6.76. The predicted octanol–water partition coefficient (Wildman–Crippen LogP) is -0.483. The molecule has 4 N–H and O–H groups in total. The van der Waals surface area contributed by atoms with Gasteiger partial charge in [0.25, 0.3) is 0 Å². The fraction of sp³-hybridized carbons (Fsp3) is 0.545. The third kappa shape index (κ3) is 3.30. The smallest absolute Gasteiger partial charge is 0.387 e. The maximum atomic E-state index is 10.8. The van der Waals surface area contributed by atoms with Gasteiger partial charge in [-0.3, -0.25) is 9.09 Å². The van der Waals surface area contributed by atoms with Gasteiger partial charge >= 0.3 is 7.82 Å². The van der Waals surface area contributed by atoms with Gasteiger partial charge in [-0.05, 0) is 6.92 Å². The maximum Gasteiger partial charge on any atom is 0.469 e. The van der Waals surface area contributed by atoms with Crippen LogP contribution in [0.15, 0.2) is 6.33 Å².